The number of aromatic amines is 1. The molecule has 2 rings (SSSR count). The van der Waals surface area contributed by atoms with Crippen LogP contribution in [0.2, 0.25) is 0 Å². The monoisotopic (exact) mass is 160 g/mol. The normalized spacial score (nSPS) is 10.3. The highest BCUT2D eigenvalue weighted by Gasteiger charge is 1.97. The molecule has 1 aromatic heterocycles. The van der Waals surface area contributed by atoms with Crippen molar-refractivity contribution in [1.29, 1.82) is 0 Å². The van der Waals surface area contributed by atoms with Crippen molar-refractivity contribution in [3.05, 3.63) is 40.9 Å². The van der Waals surface area contributed by atoms with Crippen LogP contribution in [-0.2, 0) is 6.54 Å². The number of nitrogens with one attached hydrogen (secondary N) is 1. The highest BCUT2D eigenvalue weighted by molar-refractivity contribution is 5.80. The summed E-state index contributed by atoms with van der Waals surface area (Å²) in [4.78, 5) is 13.1. The van der Waals surface area contributed by atoms with Gasteiger partial charge in [-0.05, 0) is 17.5 Å². The summed E-state index contributed by atoms with van der Waals surface area (Å²) in [6.07, 6.45) is 0. The number of fused-ring (bicyclic) bond motifs is 1. The van der Waals surface area contributed by atoms with Gasteiger partial charge in [0.15, 0.2) is 0 Å². The fraction of sp³-hybridized carbons (Fsp3) is 0.111. The molecule has 3 nitrogen and oxygen atoms in total. The van der Waals surface area contributed by atoms with Gasteiger partial charge in [0.05, 0.1) is 0 Å². The Kier molecular flexibility index (Phi) is 1.63. The number of hydrogen-bond donors (Lipinski definition) is 1. The summed E-state index contributed by atoms with van der Waals surface area (Å²) in [5.41, 5.74) is 1.92. The van der Waals surface area contributed by atoms with Crippen LogP contribution in [0.5, 0.6) is 0 Å². The third kappa shape index (κ3) is 1.09. The van der Waals surface area contributed by atoms with Gasteiger partial charge < -0.3 is 4.98 Å². The summed E-state index contributed by atoms with van der Waals surface area (Å²) in [5, 5.41) is 3.94. The van der Waals surface area contributed by atoms with E-state index in [9.17, 15) is 4.91 Å². The van der Waals surface area contributed by atoms with Gasteiger partial charge in [-0.3, -0.25) is 0 Å². The summed E-state index contributed by atoms with van der Waals surface area (Å²) >= 11 is 0. The molecule has 0 fully saturated rings. The summed E-state index contributed by atoms with van der Waals surface area (Å²) in [7, 11) is 0. The van der Waals surface area contributed by atoms with Crippen LogP contribution in [0.1, 0.15) is 5.69 Å². The Hall–Kier alpha value is -1.64. The van der Waals surface area contributed by atoms with Gasteiger partial charge in [0, 0.05) is 11.2 Å². The zero-order valence-corrected chi connectivity index (χ0v) is 6.45. The molecule has 0 bridgehead atoms. The summed E-state index contributed by atoms with van der Waals surface area (Å²) in [6, 6.07) is 9.84. The van der Waals surface area contributed by atoms with E-state index in [1.54, 1.807) is 0 Å². The van der Waals surface area contributed by atoms with Crippen molar-refractivity contribution in [2.45, 2.75) is 6.54 Å². The first-order valence-corrected chi connectivity index (χ1v) is 3.76. The lowest BCUT2D eigenvalue weighted by Gasteiger charge is -1.84. The van der Waals surface area contributed by atoms with E-state index in [1.165, 1.54) is 0 Å². The first kappa shape index (κ1) is 7.03. The number of aromatic nitrogens is 1. The standard InChI is InChI=1S/C9H8N2O/c12-10-6-8-5-7-3-1-2-4-9(7)11-8/h1-5,11H,6H2. The van der Waals surface area contributed by atoms with Crippen LogP contribution in [0.15, 0.2) is 35.5 Å². The van der Waals surface area contributed by atoms with E-state index < -0.39 is 0 Å². The van der Waals surface area contributed by atoms with Gasteiger partial charge in [-0.25, -0.2) is 0 Å². The summed E-state index contributed by atoms with van der Waals surface area (Å²) in [5.74, 6) is 0. The minimum atomic E-state index is 0.217. The Balaban J connectivity index is 2.54. The molecular formula is C9H8N2O. The van der Waals surface area contributed by atoms with Gasteiger partial charge in [-0.2, -0.15) is 4.91 Å². The van der Waals surface area contributed by atoms with Crippen LogP contribution < -0.4 is 0 Å². The zero-order valence-electron chi connectivity index (χ0n) is 6.45. The smallest absolute Gasteiger partial charge is 0.121 e. The second-order valence-electron chi connectivity index (χ2n) is 2.67. The number of hydrogen-bond acceptors (Lipinski definition) is 2. The van der Waals surface area contributed by atoms with Gasteiger partial charge in [0.25, 0.3) is 0 Å². The summed E-state index contributed by atoms with van der Waals surface area (Å²) in [6.45, 7) is 0.217. The molecule has 0 saturated carbocycles. The van der Waals surface area contributed by atoms with E-state index in [0.717, 1.165) is 16.6 Å². The van der Waals surface area contributed by atoms with E-state index in [2.05, 4.69) is 10.2 Å². The molecule has 0 aliphatic heterocycles. The molecule has 1 N–H and O–H groups in total. The average molecular weight is 160 g/mol. The van der Waals surface area contributed by atoms with Crippen molar-refractivity contribution < 1.29 is 0 Å². The molecule has 3 heteroatoms. The van der Waals surface area contributed by atoms with Crippen molar-refractivity contribution in [3.63, 3.8) is 0 Å². The molecule has 0 atom stereocenters. The van der Waals surface area contributed by atoms with Gasteiger partial charge in [-0.1, -0.05) is 23.4 Å². The molecule has 1 aromatic carbocycles. The lowest BCUT2D eigenvalue weighted by molar-refractivity contribution is 1.01. The maximum absolute atomic E-state index is 9.98. The van der Waals surface area contributed by atoms with E-state index in [0.29, 0.717) is 0 Å². The van der Waals surface area contributed by atoms with Crippen LogP contribution in [0.3, 0.4) is 0 Å². The van der Waals surface area contributed by atoms with E-state index in [-0.39, 0.29) is 6.54 Å². The molecule has 0 aliphatic carbocycles. The molecule has 0 amide bonds. The predicted octanol–water partition coefficient (Wildman–Crippen LogP) is 2.43. The van der Waals surface area contributed by atoms with E-state index in [4.69, 9.17) is 0 Å². The largest absolute Gasteiger partial charge is 0.357 e. The highest BCUT2D eigenvalue weighted by atomic mass is 16.3. The van der Waals surface area contributed by atoms with Gasteiger partial charge in [0.1, 0.15) is 6.54 Å². The Morgan fingerprint density at radius 2 is 2.17 bits per heavy atom. The Morgan fingerprint density at radius 3 is 2.92 bits per heavy atom. The Bertz CT molecular complexity index is 373. The Morgan fingerprint density at radius 1 is 1.33 bits per heavy atom. The van der Waals surface area contributed by atoms with Crippen molar-refractivity contribution >= 4 is 10.9 Å². The van der Waals surface area contributed by atoms with Crippen LogP contribution in [0.25, 0.3) is 10.9 Å². The third-order valence-corrected chi connectivity index (χ3v) is 1.82. The number of para-hydroxylation sites is 1. The first-order chi connectivity index (χ1) is 5.90. The number of nitrogens with zero attached hydrogens (tertiary/aromatic N) is 1. The predicted molar refractivity (Wildman–Crippen MR) is 47.8 cm³/mol. The lowest BCUT2D eigenvalue weighted by Crippen LogP contribution is -1.76. The lowest BCUT2D eigenvalue weighted by atomic mass is 10.2. The van der Waals surface area contributed by atoms with Crippen LogP contribution in [0, 0.1) is 4.91 Å². The van der Waals surface area contributed by atoms with Gasteiger partial charge in [-0.15, -0.1) is 0 Å². The molecule has 0 spiro atoms. The van der Waals surface area contributed by atoms with Gasteiger partial charge >= 0.3 is 0 Å². The minimum absolute atomic E-state index is 0.217. The molecule has 1 heterocycles. The van der Waals surface area contributed by atoms with Crippen LogP contribution >= 0.6 is 0 Å². The van der Waals surface area contributed by atoms with E-state index >= 15 is 0 Å². The molecule has 0 aliphatic rings. The Labute approximate surface area is 69.4 Å². The SMILES string of the molecule is O=NCc1cc2ccccc2[nH]1. The molecule has 60 valence electrons. The maximum Gasteiger partial charge on any atom is 0.121 e. The van der Waals surface area contributed by atoms with Crippen molar-refractivity contribution in [2.75, 3.05) is 0 Å². The number of benzene rings is 1. The van der Waals surface area contributed by atoms with Crippen molar-refractivity contribution in [2.24, 2.45) is 5.18 Å². The van der Waals surface area contributed by atoms with Crippen molar-refractivity contribution in [1.82, 2.24) is 4.98 Å². The van der Waals surface area contributed by atoms with Crippen LogP contribution in [-0.4, -0.2) is 4.98 Å². The fourth-order valence-corrected chi connectivity index (χ4v) is 1.29. The first-order valence-electron chi connectivity index (χ1n) is 3.76. The summed E-state index contributed by atoms with van der Waals surface area (Å²) < 4.78 is 0. The quantitative estimate of drug-likeness (QED) is 0.674. The fourth-order valence-electron chi connectivity index (χ4n) is 1.29. The second-order valence-corrected chi connectivity index (χ2v) is 2.67. The molecule has 0 unspecified atom stereocenters. The molecular weight excluding hydrogens is 152 g/mol. The van der Waals surface area contributed by atoms with Crippen LogP contribution in [0.4, 0.5) is 0 Å². The van der Waals surface area contributed by atoms with Crippen molar-refractivity contribution in [3.8, 4) is 0 Å². The highest BCUT2D eigenvalue weighted by Crippen LogP contribution is 2.14. The average Bonchev–Trinajstić information content (AvgIpc) is 2.47. The molecule has 0 radical (unpaired) electrons. The van der Waals surface area contributed by atoms with Gasteiger partial charge in [0.2, 0.25) is 0 Å². The number of rotatable bonds is 2. The zero-order chi connectivity index (χ0) is 8.39. The molecule has 12 heavy (non-hydrogen) atoms. The topological polar surface area (TPSA) is 45.2 Å². The minimum Gasteiger partial charge on any atom is -0.357 e. The number of nitroso groups, excluding NO2 is 1. The molecule has 0 saturated heterocycles. The third-order valence-electron chi connectivity index (χ3n) is 1.82. The molecule has 2 aromatic rings. The maximum atomic E-state index is 9.98. The second kappa shape index (κ2) is 2.77. The number of H-pyrrole nitrogens is 1. The van der Waals surface area contributed by atoms with E-state index in [1.807, 2.05) is 30.3 Å².